The van der Waals surface area contributed by atoms with E-state index in [4.69, 9.17) is 0 Å². The number of nitrogens with zero attached hydrogens (tertiary/aromatic N) is 1. The van der Waals surface area contributed by atoms with Gasteiger partial charge in [0.15, 0.2) is 0 Å². The molecule has 0 heterocycles. The van der Waals surface area contributed by atoms with E-state index in [0.717, 1.165) is 5.69 Å². The third-order valence-corrected chi connectivity index (χ3v) is 1.58. The van der Waals surface area contributed by atoms with Crippen molar-refractivity contribution in [3.8, 4) is 0 Å². The standard InChI is InChI=1S/C9H11FN/c1-7-8(10)5-4-6-9(7)11(2)3/h4-6H,1H2,2-3H3. The SMILES string of the molecule is [CH2]c1c(F)cccc1N(C)C. The summed E-state index contributed by atoms with van der Waals surface area (Å²) in [6, 6.07) is 4.93. The smallest absolute Gasteiger partial charge is 0.128 e. The van der Waals surface area contributed by atoms with Gasteiger partial charge in [-0.1, -0.05) is 6.07 Å². The maximum absolute atomic E-state index is 12.9. The van der Waals surface area contributed by atoms with E-state index in [1.165, 1.54) is 6.07 Å². The third-order valence-electron chi connectivity index (χ3n) is 1.58. The summed E-state index contributed by atoms with van der Waals surface area (Å²) >= 11 is 0. The zero-order chi connectivity index (χ0) is 8.43. The van der Waals surface area contributed by atoms with Crippen molar-refractivity contribution in [1.82, 2.24) is 0 Å². The molecule has 0 aromatic heterocycles. The molecule has 0 bridgehead atoms. The van der Waals surface area contributed by atoms with Crippen LogP contribution in [-0.2, 0) is 0 Å². The van der Waals surface area contributed by atoms with Crippen molar-refractivity contribution in [2.24, 2.45) is 0 Å². The van der Waals surface area contributed by atoms with E-state index in [1.54, 1.807) is 6.07 Å². The maximum Gasteiger partial charge on any atom is 0.128 e. The summed E-state index contributed by atoms with van der Waals surface area (Å²) in [5.41, 5.74) is 1.28. The van der Waals surface area contributed by atoms with Crippen LogP contribution in [0.15, 0.2) is 18.2 Å². The van der Waals surface area contributed by atoms with E-state index in [0.29, 0.717) is 5.56 Å². The van der Waals surface area contributed by atoms with Gasteiger partial charge in [0.05, 0.1) is 0 Å². The molecule has 59 valence electrons. The minimum absolute atomic E-state index is 0.254. The zero-order valence-electron chi connectivity index (χ0n) is 6.76. The summed E-state index contributed by atoms with van der Waals surface area (Å²) in [7, 11) is 3.73. The second-order valence-electron chi connectivity index (χ2n) is 2.63. The van der Waals surface area contributed by atoms with Crippen LogP contribution in [-0.4, -0.2) is 14.1 Å². The Morgan fingerprint density at radius 1 is 1.36 bits per heavy atom. The van der Waals surface area contributed by atoms with Crippen LogP contribution in [0.2, 0.25) is 0 Å². The highest BCUT2D eigenvalue weighted by Gasteiger charge is 2.03. The van der Waals surface area contributed by atoms with Crippen molar-refractivity contribution in [2.75, 3.05) is 19.0 Å². The molecule has 0 spiro atoms. The lowest BCUT2D eigenvalue weighted by atomic mass is 10.2. The number of hydrogen-bond donors (Lipinski definition) is 0. The first-order valence-corrected chi connectivity index (χ1v) is 3.40. The first kappa shape index (κ1) is 8.05. The lowest BCUT2D eigenvalue weighted by molar-refractivity contribution is 0.622. The topological polar surface area (TPSA) is 3.24 Å². The van der Waals surface area contributed by atoms with Gasteiger partial charge in [-0.05, 0) is 19.1 Å². The van der Waals surface area contributed by atoms with E-state index in [-0.39, 0.29) is 5.82 Å². The van der Waals surface area contributed by atoms with Gasteiger partial charge in [0.25, 0.3) is 0 Å². The molecule has 0 N–H and O–H groups in total. The van der Waals surface area contributed by atoms with Gasteiger partial charge in [0.2, 0.25) is 0 Å². The van der Waals surface area contributed by atoms with Gasteiger partial charge in [0, 0.05) is 25.3 Å². The molecule has 11 heavy (non-hydrogen) atoms. The van der Waals surface area contributed by atoms with E-state index in [1.807, 2.05) is 25.1 Å². The van der Waals surface area contributed by atoms with Crippen LogP contribution in [0.1, 0.15) is 5.56 Å². The quantitative estimate of drug-likeness (QED) is 0.595. The van der Waals surface area contributed by atoms with Crippen molar-refractivity contribution in [3.05, 3.63) is 36.5 Å². The van der Waals surface area contributed by atoms with Crippen LogP contribution in [0, 0.1) is 12.7 Å². The van der Waals surface area contributed by atoms with Gasteiger partial charge in [-0.2, -0.15) is 0 Å². The van der Waals surface area contributed by atoms with E-state index >= 15 is 0 Å². The zero-order valence-corrected chi connectivity index (χ0v) is 6.76. The summed E-state index contributed by atoms with van der Waals surface area (Å²) in [5.74, 6) is -0.254. The Balaban J connectivity index is 3.17. The first-order valence-electron chi connectivity index (χ1n) is 3.40. The Bertz CT molecular complexity index is 256. The highest BCUT2D eigenvalue weighted by molar-refractivity contribution is 5.54. The summed E-state index contributed by atoms with van der Waals surface area (Å²) in [6.45, 7) is 3.62. The molecule has 1 aromatic carbocycles. The van der Waals surface area contributed by atoms with E-state index in [2.05, 4.69) is 6.92 Å². The fourth-order valence-electron chi connectivity index (χ4n) is 0.966. The molecule has 0 amide bonds. The monoisotopic (exact) mass is 152 g/mol. The van der Waals surface area contributed by atoms with Crippen molar-refractivity contribution in [3.63, 3.8) is 0 Å². The molecule has 1 aromatic rings. The molecule has 0 aliphatic carbocycles. The van der Waals surface area contributed by atoms with E-state index in [9.17, 15) is 4.39 Å². The first-order chi connectivity index (χ1) is 5.13. The van der Waals surface area contributed by atoms with Gasteiger partial charge >= 0.3 is 0 Å². The maximum atomic E-state index is 12.9. The van der Waals surface area contributed by atoms with Crippen LogP contribution in [0.4, 0.5) is 10.1 Å². The van der Waals surface area contributed by atoms with Crippen molar-refractivity contribution >= 4 is 5.69 Å². The largest absolute Gasteiger partial charge is 0.377 e. The molecule has 0 aliphatic heterocycles. The van der Waals surface area contributed by atoms with Crippen molar-refractivity contribution in [1.29, 1.82) is 0 Å². The predicted octanol–water partition coefficient (Wildman–Crippen LogP) is 2.07. The highest BCUT2D eigenvalue weighted by atomic mass is 19.1. The summed E-state index contributed by atoms with van der Waals surface area (Å²) in [5, 5.41) is 0. The molecule has 0 unspecified atom stereocenters. The Kier molecular flexibility index (Phi) is 2.13. The molecule has 1 nitrogen and oxygen atoms in total. The average molecular weight is 152 g/mol. The Morgan fingerprint density at radius 3 is 2.45 bits per heavy atom. The molecule has 0 atom stereocenters. The number of halogens is 1. The van der Waals surface area contributed by atoms with Crippen LogP contribution < -0.4 is 4.90 Å². The lowest BCUT2D eigenvalue weighted by Crippen LogP contribution is -2.10. The molecule has 1 radical (unpaired) electrons. The molecule has 0 saturated heterocycles. The lowest BCUT2D eigenvalue weighted by Gasteiger charge is -2.15. The summed E-state index contributed by atoms with van der Waals surface area (Å²) in [4.78, 5) is 1.84. The Morgan fingerprint density at radius 2 is 2.00 bits per heavy atom. The molecule has 0 aliphatic rings. The molecular weight excluding hydrogens is 141 g/mol. The second kappa shape index (κ2) is 2.91. The van der Waals surface area contributed by atoms with Crippen molar-refractivity contribution < 1.29 is 4.39 Å². The third kappa shape index (κ3) is 1.50. The van der Waals surface area contributed by atoms with Crippen LogP contribution in [0.3, 0.4) is 0 Å². The number of hydrogen-bond acceptors (Lipinski definition) is 1. The fourth-order valence-corrected chi connectivity index (χ4v) is 0.966. The van der Waals surface area contributed by atoms with Gasteiger partial charge < -0.3 is 4.90 Å². The molecule has 1 rings (SSSR count). The van der Waals surface area contributed by atoms with Gasteiger partial charge in [-0.15, -0.1) is 0 Å². The van der Waals surface area contributed by atoms with Crippen LogP contribution in [0.25, 0.3) is 0 Å². The number of anilines is 1. The predicted molar refractivity (Wildman–Crippen MR) is 45.2 cm³/mol. The molecular formula is C9H11FN. The van der Waals surface area contributed by atoms with Crippen LogP contribution >= 0.6 is 0 Å². The number of rotatable bonds is 1. The van der Waals surface area contributed by atoms with Gasteiger partial charge in [-0.25, -0.2) is 4.39 Å². The summed E-state index contributed by atoms with van der Waals surface area (Å²) < 4.78 is 12.9. The average Bonchev–Trinajstić information content (AvgIpc) is 1.94. The minimum Gasteiger partial charge on any atom is -0.377 e. The normalized spacial score (nSPS) is 9.82. The number of benzene rings is 1. The van der Waals surface area contributed by atoms with Crippen molar-refractivity contribution in [2.45, 2.75) is 0 Å². The van der Waals surface area contributed by atoms with Gasteiger partial charge in [-0.3, -0.25) is 0 Å². The minimum atomic E-state index is -0.254. The van der Waals surface area contributed by atoms with Crippen LogP contribution in [0.5, 0.6) is 0 Å². The molecule has 0 fully saturated rings. The Hall–Kier alpha value is -1.05. The highest BCUT2D eigenvalue weighted by Crippen LogP contribution is 2.19. The fraction of sp³-hybridized carbons (Fsp3) is 0.222. The van der Waals surface area contributed by atoms with Gasteiger partial charge in [0.1, 0.15) is 5.82 Å². The Labute approximate surface area is 66.5 Å². The summed E-state index contributed by atoms with van der Waals surface area (Å²) in [6.07, 6.45) is 0. The molecule has 2 heteroatoms. The second-order valence-corrected chi connectivity index (χ2v) is 2.63. The molecule has 0 saturated carbocycles. The van der Waals surface area contributed by atoms with E-state index < -0.39 is 0 Å².